The third kappa shape index (κ3) is 2.51. The lowest BCUT2D eigenvalue weighted by molar-refractivity contribution is 0.0508. The fourth-order valence-electron chi connectivity index (χ4n) is 1.53. The van der Waals surface area contributed by atoms with E-state index in [4.69, 9.17) is 16.3 Å². The summed E-state index contributed by atoms with van der Waals surface area (Å²) in [5, 5.41) is 4.74. The first-order valence-electron chi connectivity index (χ1n) is 5.48. The third-order valence-corrected chi connectivity index (χ3v) is 2.46. The lowest BCUT2D eigenvalue weighted by atomic mass is 10.3. The summed E-state index contributed by atoms with van der Waals surface area (Å²) in [5.74, 6) is 0.146. The van der Waals surface area contributed by atoms with Gasteiger partial charge in [0.1, 0.15) is 5.82 Å². The van der Waals surface area contributed by atoms with Crippen molar-refractivity contribution in [1.82, 2.24) is 14.8 Å². The summed E-state index contributed by atoms with van der Waals surface area (Å²) in [6.45, 7) is 3.74. The summed E-state index contributed by atoms with van der Waals surface area (Å²) in [6.07, 6.45) is 0. The van der Waals surface area contributed by atoms with Crippen LogP contribution in [0.5, 0.6) is 0 Å². The Morgan fingerprint density at radius 1 is 1.50 bits per heavy atom. The standard InChI is InChI=1S/C12H12ClN3O2/c1-3-18-12(17)11-14-8(2)15-16(11)10-6-4-5-9(13)7-10/h4-7H,3H2,1-2H3. The molecule has 2 rings (SSSR count). The predicted molar refractivity (Wildman–Crippen MR) is 67.1 cm³/mol. The summed E-state index contributed by atoms with van der Waals surface area (Å²) in [7, 11) is 0. The number of nitrogens with zero attached hydrogens (tertiary/aromatic N) is 3. The number of halogens is 1. The van der Waals surface area contributed by atoms with Gasteiger partial charge in [-0.25, -0.2) is 14.5 Å². The maximum absolute atomic E-state index is 11.8. The molecule has 0 saturated heterocycles. The summed E-state index contributed by atoms with van der Waals surface area (Å²) in [4.78, 5) is 15.8. The molecule has 0 unspecified atom stereocenters. The van der Waals surface area contributed by atoms with Crippen molar-refractivity contribution in [2.75, 3.05) is 6.61 Å². The molecule has 0 saturated carbocycles. The van der Waals surface area contributed by atoms with Crippen LogP contribution in [0.1, 0.15) is 23.4 Å². The van der Waals surface area contributed by atoms with Crippen LogP contribution in [0.3, 0.4) is 0 Å². The average molecular weight is 266 g/mol. The zero-order chi connectivity index (χ0) is 13.1. The molecule has 1 aromatic heterocycles. The first-order valence-corrected chi connectivity index (χ1v) is 5.86. The van der Waals surface area contributed by atoms with Crippen molar-refractivity contribution >= 4 is 17.6 Å². The molecule has 0 atom stereocenters. The highest BCUT2D eigenvalue weighted by Crippen LogP contribution is 2.16. The van der Waals surface area contributed by atoms with Gasteiger partial charge in [0, 0.05) is 5.02 Å². The predicted octanol–water partition coefficient (Wildman–Crippen LogP) is 2.41. The van der Waals surface area contributed by atoms with Gasteiger partial charge in [-0.2, -0.15) is 5.10 Å². The number of carbonyl (C=O) groups excluding carboxylic acids is 1. The van der Waals surface area contributed by atoms with E-state index in [0.717, 1.165) is 0 Å². The molecule has 2 aromatic rings. The van der Waals surface area contributed by atoms with Crippen LogP contribution >= 0.6 is 11.6 Å². The van der Waals surface area contributed by atoms with Crippen LogP contribution in [-0.4, -0.2) is 27.3 Å². The second-order valence-corrected chi connectivity index (χ2v) is 4.03. The second-order valence-electron chi connectivity index (χ2n) is 3.59. The van der Waals surface area contributed by atoms with E-state index in [2.05, 4.69) is 10.1 Å². The van der Waals surface area contributed by atoms with Crippen LogP contribution in [0.15, 0.2) is 24.3 Å². The maximum Gasteiger partial charge on any atom is 0.376 e. The van der Waals surface area contributed by atoms with Crippen molar-refractivity contribution in [3.05, 3.63) is 40.9 Å². The normalized spacial score (nSPS) is 10.4. The molecule has 5 nitrogen and oxygen atoms in total. The first-order chi connectivity index (χ1) is 8.61. The van der Waals surface area contributed by atoms with Crippen molar-refractivity contribution in [3.8, 4) is 5.69 Å². The molecule has 0 amide bonds. The number of hydrogen-bond acceptors (Lipinski definition) is 4. The van der Waals surface area contributed by atoms with Crippen molar-refractivity contribution in [1.29, 1.82) is 0 Å². The van der Waals surface area contributed by atoms with Crippen molar-refractivity contribution in [3.63, 3.8) is 0 Å². The molecule has 0 fully saturated rings. The van der Waals surface area contributed by atoms with Gasteiger partial charge in [-0.15, -0.1) is 0 Å². The largest absolute Gasteiger partial charge is 0.460 e. The Balaban J connectivity index is 2.47. The van der Waals surface area contributed by atoms with E-state index in [0.29, 0.717) is 23.1 Å². The van der Waals surface area contributed by atoms with Crippen LogP contribution in [0.25, 0.3) is 5.69 Å². The summed E-state index contributed by atoms with van der Waals surface area (Å²) in [6, 6.07) is 7.03. The Bertz CT molecular complexity index is 580. The minimum absolute atomic E-state index is 0.150. The monoisotopic (exact) mass is 265 g/mol. The van der Waals surface area contributed by atoms with E-state index in [1.165, 1.54) is 4.68 Å². The number of rotatable bonds is 3. The lowest BCUT2D eigenvalue weighted by Crippen LogP contribution is -2.13. The van der Waals surface area contributed by atoms with Crippen molar-refractivity contribution in [2.24, 2.45) is 0 Å². The van der Waals surface area contributed by atoms with Gasteiger partial charge in [-0.05, 0) is 32.0 Å². The molecule has 1 heterocycles. The third-order valence-electron chi connectivity index (χ3n) is 2.22. The van der Waals surface area contributed by atoms with E-state index >= 15 is 0 Å². The number of hydrogen-bond donors (Lipinski definition) is 0. The number of carbonyl (C=O) groups is 1. The Morgan fingerprint density at radius 2 is 2.28 bits per heavy atom. The molecular formula is C12H12ClN3O2. The van der Waals surface area contributed by atoms with E-state index < -0.39 is 5.97 Å². The van der Waals surface area contributed by atoms with Crippen LogP contribution in [0, 0.1) is 6.92 Å². The molecule has 0 bridgehead atoms. The van der Waals surface area contributed by atoms with Gasteiger partial charge in [0.25, 0.3) is 0 Å². The molecular weight excluding hydrogens is 254 g/mol. The minimum atomic E-state index is -0.502. The SMILES string of the molecule is CCOC(=O)c1nc(C)nn1-c1cccc(Cl)c1. The topological polar surface area (TPSA) is 57.0 Å². The van der Waals surface area contributed by atoms with Gasteiger partial charge in [0.15, 0.2) is 0 Å². The van der Waals surface area contributed by atoms with Crippen molar-refractivity contribution in [2.45, 2.75) is 13.8 Å². The number of esters is 1. The minimum Gasteiger partial charge on any atom is -0.460 e. The zero-order valence-corrected chi connectivity index (χ0v) is 10.8. The lowest BCUT2D eigenvalue weighted by Gasteiger charge is -2.05. The molecule has 0 aliphatic rings. The molecule has 0 radical (unpaired) electrons. The van der Waals surface area contributed by atoms with Gasteiger partial charge in [-0.3, -0.25) is 0 Å². The van der Waals surface area contributed by atoms with Crippen LogP contribution in [-0.2, 0) is 4.74 Å². The fourth-order valence-corrected chi connectivity index (χ4v) is 1.72. The van der Waals surface area contributed by atoms with Gasteiger partial charge in [0.05, 0.1) is 12.3 Å². The average Bonchev–Trinajstić information content (AvgIpc) is 2.72. The fraction of sp³-hybridized carbons (Fsp3) is 0.250. The zero-order valence-electron chi connectivity index (χ0n) is 10.1. The second kappa shape index (κ2) is 5.18. The Hall–Kier alpha value is -1.88. The van der Waals surface area contributed by atoms with Crippen molar-refractivity contribution < 1.29 is 9.53 Å². The molecule has 0 N–H and O–H groups in total. The highest BCUT2D eigenvalue weighted by atomic mass is 35.5. The molecule has 18 heavy (non-hydrogen) atoms. The van der Waals surface area contributed by atoms with Gasteiger partial charge in [0.2, 0.25) is 5.82 Å². The molecule has 1 aromatic carbocycles. The highest BCUT2D eigenvalue weighted by Gasteiger charge is 2.18. The Kier molecular flexibility index (Phi) is 3.62. The van der Waals surface area contributed by atoms with Gasteiger partial charge < -0.3 is 4.74 Å². The molecule has 0 aliphatic carbocycles. The van der Waals surface area contributed by atoms with E-state index in [9.17, 15) is 4.79 Å². The Labute approximate surface area is 109 Å². The molecule has 6 heteroatoms. The van der Waals surface area contributed by atoms with Crippen LogP contribution < -0.4 is 0 Å². The van der Waals surface area contributed by atoms with Crippen LogP contribution in [0.2, 0.25) is 5.02 Å². The number of ether oxygens (including phenoxy) is 1. The maximum atomic E-state index is 11.8. The molecule has 0 spiro atoms. The first kappa shape index (κ1) is 12.6. The molecule has 94 valence electrons. The highest BCUT2D eigenvalue weighted by molar-refractivity contribution is 6.30. The Morgan fingerprint density at radius 3 is 2.94 bits per heavy atom. The quantitative estimate of drug-likeness (QED) is 0.800. The van der Waals surface area contributed by atoms with Gasteiger partial charge in [-0.1, -0.05) is 17.7 Å². The number of aromatic nitrogens is 3. The number of aryl methyl sites for hydroxylation is 1. The van der Waals surface area contributed by atoms with E-state index in [1.807, 2.05) is 0 Å². The summed E-state index contributed by atoms with van der Waals surface area (Å²) in [5.41, 5.74) is 0.672. The number of benzene rings is 1. The van der Waals surface area contributed by atoms with E-state index in [1.54, 1.807) is 38.1 Å². The summed E-state index contributed by atoms with van der Waals surface area (Å²) < 4.78 is 6.37. The summed E-state index contributed by atoms with van der Waals surface area (Å²) >= 11 is 5.92. The molecule has 0 aliphatic heterocycles. The van der Waals surface area contributed by atoms with Crippen LogP contribution in [0.4, 0.5) is 0 Å². The smallest absolute Gasteiger partial charge is 0.376 e. The van der Waals surface area contributed by atoms with Gasteiger partial charge >= 0.3 is 5.97 Å². The van der Waals surface area contributed by atoms with E-state index in [-0.39, 0.29) is 5.82 Å².